The molecule has 0 spiro atoms. The van der Waals surface area contributed by atoms with Crippen molar-refractivity contribution in [1.29, 1.82) is 0 Å². The minimum Gasteiger partial charge on any atom is -0.466 e. The Bertz CT molecular complexity index is 409. The molecule has 0 aromatic carbocycles. The molecule has 1 aromatic rings. The maximum Gasteiger partial charge on any atom is 0.330 e. The van der Waals surface area contributed by atoms with E-state index in [4.69, 9.17) is 10.2 Å². The van der Waals surface area contributed by atoms with E-state index in [0.717, 1.165) is 5.56 Å². The molecule has 1 aromatic heterocycles. The number of primary amides is 1. The summed E-state index contributed by atoms with van der Waals surface area (Å²) < 4.78 is 5.27. The first kappa shape index (κ1) is 11.1. The van der Waals surface area contributed by atoms with Gasteiger partial charge in [0.2, 0.25) is 0 Å². The van der Waals surface area contributed by atoms with Crippen LogP contribution in [0.25, 0.3) is 0 Å². The van der Waals surface area contributed by atoms with Gasteiger partial charge in [-0.1, -0.05) is 0 Å². The molecule has 0 aliphatic heterocycles. The normalized spacial score (nSPS) is 9.80. The van der Waals surface area contributed by atoms with Gasteiger partial charge < -0.3 is 10.2 Å². The summed E-state index contributed by atoms with van der Waals surface area (Å²) in [6.45, 7) is 5.21. The van der Waals surface area contributed by atoms with Crippen molar-refractivity contribution in [2.45, 2.75) is 20.8 Å². The maximum atomic E-state index is 11.6. The molecule has 0 unspecified atom stereocenters. The molecule has 0 fully saturated rings. The predicted octanol–water partition coefficient (Wildman–Crippen LogP) is 0.518. The van der Waals surface area contributed by atoms with Crippen molar-refractivity contribution in [3.8, 4) is 0 Å². The Morgan fingerprint density at radius 3 is 2.13 bits per heavy atom. The standard InChI is InChI=1S/C9H13N3O3/c1-4-5(2)15-6(3)7(4)8(13)11-12-9(10)14/h1-3H3,(H,11,13)(H3,10,12,14). The van der Waals surface area contributed by atoms with E-state index in [1.165, 1.54) is 0 Å². The second kappa shape index (κ2) is 4.04. The molecule has 1 rings (SSSR count). The predicted molar refractivity (Wildman–Crippen MR) is 53.1 cm³/mol. The summed E-state index contributed by atoms with van der Waals surface area (Å²) in [5.41, 5.74) is 10.2. The molecule has 0 aliphatic carbocycles. The smallest absolute Gasteiger partial charge is 0.330 e. The largest absolute Gasteiger partial charge is 0.466 e. The number of nitrogens with one attached hydrogen (secondary N) is 2. The number of hydrazine groups is 1. The fourth-order valence-electron chi connectivity index (χ4n) is 1.31. The number of carbonyl (C=O) groups excluding carboxylic acids is 2. The lowest BCUT2D eigenvalue weighted by Crippen LogP contribution is -2.44. The molecule has 6 nitrogen and oxygen atoms in total. The molecular weight excluding hydrogens is 198 g/mol. The van der Waals surface area contributed by atoms with E-state index in [0.29, 0.717) is 17.1 Å². The average Bonchev–Trinajstić information content (AvgIpc) is 2.37. The van der Waals surface area contributed by atoms with Crippen LogP contribution < -0.4 is 16.6 Å². The highest BCUT2D eigenvalue weighted by Crippen LogP contribution is 2.19. The van der Waals surface area contributed by atoms with Crippen LogP contribution in [0, 0.1) is 20.8 Å². The molecule has 4 N–H and O–H groups in total. The minimum atomic E-state index is -0.820. The monoisotopic (exact) mass is 211 g/mol. The zero-order valence-corrected chi connectivity index (χ0v) is 8.80. The van der Waals surface area contributed by atoms with Crippen LogP contribution in [-0.4, -0.2) is 11.9 Å². The number of hydrogen-bond acceptors (Lipinski definition) is 3. The highest BCUT2D eigenvalue weighted by Gasteiger charge is 2.18. The Labute approximate surface area is 86.8 Å². The lowest BCUT2D eigenvalue weighted by molar-refractivity contribution is 0.0935. The van der Waals surface area contributed by atoms with Crippen LogP contribution in [0.1, 0.15) is 27.4 Å². The topological polar surface area (TPSA) is 97.4 Å². The first-order valence-electron chi connectivity index (χ1n) is 4.36. The van der Waals surface area contributed by atoms with Crippen LogP contribution in [0.5, 0.6) is 0 Å². The molecule has 15 heavy (non-hydrogen) atoms. The molecule has 3 amide bonds. The first-order valence-corrected chi connectivity index (χ1v) is 4.36. The van der Waals surface area contributed by atoms with Gasteiger partial charge in [0.1, 0.15) is 11.5 Å². The van der Waals surface area contributed by atoms with E-state index >= 15 is 0 Å². The quantitative estimate of drug-likeness (QED) is 0.590. The summed E-state index contributed by atoms with van der Waals surface area (Å²) in [6, 6.07) is -0.820. The van der Waals surface area contributed by atoms with Crippen molar-refractivity contribution >= 4 is 11.9 Å². The third kappa shape index (κ3) is 2.28. The number of furan rings is 1. The van der Waals surface area contributed by atoms with Crippen LogP contribution in [0.4, 0.5) is 4.79 Å². The molecule has 0 saturated heterocycles. The molecular formula is C9H13N3O3. The van der Waals surface area contributed by atoms with E-state index < -0.39 is 11.9 Å². The zero-order valence-electron chi connectivity index (χ0n) is 8.80. The number of amides is 3. The number of rotatable bonds is 1. The van der Waals surface area contributed by atoms with E-state index in [-0.39, 0.29) is 0 Å². The van der Waals surface area contributed by atoms with Gasteiger partial charge in [0.05, 0.1) is 5.56 Å². The Kier molecular flexibility index (Phi) is 2.99. The van der Waals surface area contributed by atoms with Gasteiger partial charge in [-0.05, 0) is 20.8 Å². The number of carbonyl (C=O) groups is 2. The third-order valence-electron chi connectivity index (χ3n) is 2.09. The summed E-state index contributed by atoms with van der Waals surface area (Å²) in [6.07, 6.45) is 0. The number of hydrogen-bond donors (Lipinski definition) is 3. The molecule has 1 heterocycles. The highest BCUT2D eigenvalue weighted by atomic mass is 16.3. The van der Waals surface area contributed by atoms with Gasteiger partial charge in [-0.2, -0.15) is 0 Å². The summed E-state index contributed by atoms with van der Waals surface area (Å²) in [4.78, 5) is 21.9. The van der Waals surface area contributed by atoms with Crippen molar-refractivity contribution in [2.75, 3.05) is 0 Å². The second-order valence-electron chi connectivity index (χ2n) is 3.16. The SMILES string of the molecule is Cc1oc(C)c(C(=O)NNC(N)=O)c1C. The Balaban J connectivity index is 2.86. The van der Waals surface area contributed by atoms with E-state index in [1.54, 1.807) is 20.8 Å². The van der Waals surface area contributed by atoms with Gasteiger partial charge in [0.25, 0.3) is 5.91 Å². The van der Waals surface area contributed by atoms with E-state index in [9.17, 15) is 9.59 Å². The molecule has 0 saturated carbocycles. The lowest BCUT2D eigenvalue weighted by Gasteiger charge is -2.04. The van der Waals surface area contributed by atoms with Crippen molar-refractivity contribution in [3.05, 3.63) is 22.6 Å². The third-order valence-corrected chi connectivity index (χ3v) is 2.09. The average molecular weight is 211 g/mol. The molecule has 0 atom stereocenters. The summed E-state index contributed by atoms with van der Waals surface area (Å²) >= 11 is 0. The maximum absolute atomic E-state index is 11.6. The number of urea groups is 1. The van der Waals surface area contributed by atoms with Crippen LogP contribution >= 0.6 is 0 Å². The highest BCUT2D eigenvalue weighted by molar-refractivity contribution is 5.97. The summed E-state index contributed by atoms with van der Waals surface area (Å²) in [5, 5.41) is 0. The van der Waals surface area contributed by atoms with Crippen molar-refractivity contribution in [3.63, 3.8) is 0 Å². The second-order valence-corrected chi connectivity index (χ2v) is 3.16. The van der Waals surface area contributed by atoms with Gasteiger partial charge in [0, 0.05) is 5.56 Å². The van der Waals surface area contributed by atoms with Gasteiger partial charge in [-0.25, -0.2) is 10.2 Å². The van der Waals surface area contributed by atoms with Crippen molar-refractivity contribution < 1.29 is 14.0 Å². The van der Waals surface area contributed by atoms with Crippen LogP contribution in [0.2, 0.25) is 0 Å². The number of nitrogens with two attached hydrogens (primary N) is 1. The lowest BCUT2D eigenvalue weighted by atomic mass is 10.1. The van der Waals surface area contributed by atoms with Gasteiger partial charge >= 0.3 is 6.03 Å². The zero-order chi connectivity index (χ0) is 11.6. The van der Waals surface area contributed by atoms with Gasteiger partial charge in [-0.3, -0.25) is 10.2 Å². The Morgan fingerprint density at radius 2 is 1.73 bits per heavy atom. The number of aryl methyl sites for hydroxylation is 2. The minimum absolute atomic E-state index is 0.418. The first-order chi connectivity index (χ1) is 6.93. The van der Waals surface area contributed by atoms with Crippen molar-refractivity contribution in [1.82, 2.24) is 10.9 Å². The van der Waals surface area contributed by atoms with Crippen LogP contribution in [0.3, 0.4) is 0 Å². The fourth-order valence-corrected chi connectivity index (χ4v) is 1.31. The molecule has 6 heteroatoms. The van der Waals surface area contributed by atoms with E-state index in [1.807, 2.05) is 5.43 Å². The van der Waals surface area contributed by atoms with Crippen LogP contribution in [0.15, 0.2) is 4.42 Å². The Morgan fingerprint density at radius 1 is 1.13 bits per heavy atom. The molecule has 0 bridgehead atoms. The Hall–Kier alpha value is -1.98. The van der Waals surface area contributed by atoms with Gasteiger partial charge in [0.15, 0.2) is 0 Å². The summed E-state index contributed by atoms with van der Waals surface area (Å²) in [5.74, 6) is 0.742. The molecule has 82 valence electrons. The van der Waals surface area contributed by atoms with E-state index in [2.05, 4.69) is 5.43 Å². The van der Waals surface area contributed by atoms with Crippen molar-refractivity contribution in [2.24, 2.45) is 5.73 Å². The fraction of sp³-hybridized carbons (Fsp3) is 0.333. The summed E-state index contributed by atoms with van der Waals surface area (Å²) in [7, 11) is 0. The van der Waals surface area contributed by atoms with Crippen LogP contribution in [-0.2, 0) is 0 Å². The molecule has 0 radical (unpaired) electrons. The van der Waals surface area contributed by atoms with Gasteiger partial charge in [-0.15, -0.1) is 0 Å². The molecule has 0 aliphatic rings.